The number of halogens is 1. The molecule has 4 nitrogen and oxygen atoms in total. The first-order chi connectivity index (χ1) is 11.6. The van der Waals surface area contributed by atoms with E-state index in [0.717, 1.165) is 41.6 Å². The van der Waals surface area contributed by atoms with Crippen molar-refractivity contribution in [2.24, 2.45) is 0 Å². The molecule has 2 aromatic carbocycles. The fraction of sp³-hybridized carbons (Fsp3) is 0.316. The van der Waals surface area contributed by atoms with Crippen LogP contribution in [0.15, 0.2) is 48.5 Å². The van der Waals surface area contributed by atoms with Gasteiger partial charge in [0, 0.05) is 11.6 Å². The highest BCUT2D eigenvalue weighted by Crippen LogP contribution is 2.18. The quantitative estimate of drug-likeness (QED) is 0.602. The van der Waals surface area contributed by atoms with E-state index >= 15 is 0 Å². The molecule has 126 valence electrons. The van der Waals surface area contributed by atoms with Crippen LogP contribution in [0, 0.1) is 0 Å². The van der Waals surface area contributed by atoms with Gasteiger partial charge in [-0.25, -0.2) is 4.98 Å². The Morgan fingerprint density at radius 2 is 1.83 bits per heavy atom. The minimum Gasteiger partial charge on any atom is -0.494 e. The topological polar surface area (TPSA) is 30.3 Å². The van der Waals surface area contributed by atoms with E-state index in [4.69, 9.17) is 21.3 Å². The summed E-state index contributed by atoms with van der Waals surface area (Å²) in [7, 11) is 4.13. The first-order valence-corrected chi connectivity index (χ1v) is 8.48. The predicted molar refractivity (Wildman–Crippen MR) is 98.7 cm³/mol. The van der Waals surface area contributed by atoms with Gasteiger partial charge in [0.1, 0.15) is 11.6 Å². The van der Waals surface area contributed by atoms with Crippen LogP contribution in [0.1, 0.15) is 12.2 Å². The number of fused-ring (bicyclic) bond motifs is 1. The summed E-state index contributed by atoms with van der Waals surface area (Å²) in [6, 6.07) is 15.8. The molecule has 5 heteroatoms. The molecule has 0 amide bonds. The minimum absolute atomic E-state index is 0.662. The average Bonchev–Trinajstić information content (AvgIpc) is 2.90. The predicted octanol–water partition coefficient (Wildman–Crippen LogP) is 4.22. The average molecular weight is 344 g/mol. The summed E-state index contributed by atoms with van der Waals surface area (Å²) < 4.78 is 8.08. The molecule has 0 aliphatic heterocycles. The van der Waals surface area contributed by atoms with Gasteiger partial charge in [-0.15, -0.1) is 0 Å². The molecular weight excluding hydrogens is 322 g/mol. The van der Waals surface area contributed by atoms with Crippen molar-refractivity contribution < 1.29 is 4.74 Å². The van der Waals surface area contributed by atoms with Crippen molar-refractivity contribution >= 4 is 22.6 Å². The lowest BCUT2D eigenvalue weighted by Gasteiger charge is -2.13. The van der Waals surface area contributed by atoms with Gasteiger partial charge < -0.3 is 14.2 Å². The minimum atomic E-state index is 0.662. The van der Waals surface area contributed by atoms with Gasteiger partial charge in [-0.05, 0) is 56.9 Å². The molecule has 0 radical (unpaired) electrons. The fourth-order valence-corrected chi connectivity index (χ4v) is 2.85. The summed E-state index contributed by atoms with van der Waals surface area (Å²) in [6.45, 7) is 2.37. The van der Waals surface area contributed by atoms with Crippen molar-refractivity contribution in [3.63, 3.8) is 0 Å². The number of nitrogens with zero attached hydrogens (tertiary/aromatic N) is 3. The Morgan fingerprint density at radius 3 is 2.58 bits per heavy atom. The van der Waals surface area contributed by atoms with Crippen LogP contribution in [0.3, 0.4) is 0 Å². The van der Waals surface area contributed by atoms with Gasteiger partial charge in [0.05, 0.1) is 24.2 Å². The summed E-state index contributed by atoms with van der Waals surface area (Å²) in [5.74, 6) is 1.94. The van der Waals surface area contributed by atoms with Crippen molar-refractivity contribution in [1.82, 2.24) is 14.5 Å². The van der Waals surface area contributed by atoms with Crippen molar-refractivity contribution in [1.29, 1.82) is 0 Å². The third-order valence-electron chi connectivity index (χ3n) is 3.80. The molecule has 0 aliphatic carbocycles. The number of para-hydroxylation sites is 2. The zero-order valence-electron chi connectivity index (χ0n) is 14.1. The number of imidazole rings is 1. The van der Waals surface area contributed by atoms with Gasteiger partial charge in [0.25, 0.3) is 0 Å². The highest BCUT2D eigenvalue weighted by Gasteiger charge is 2.10. The standard InChI is InChI=1S/C19H22ClN3O/c1-22(2)14-19-21-17-6-3-4-7-18(17)23(19)12-5-13-24-16-10-8-15(20)9-11-16/h3-4,6-11H,5,12-14H2,1-2H3. The lowest BCUT2D eigenvalue weighted by molar-refractivity contribution is 0.299. The van der Waals surface area contributed by atoms with Crippen molar-refractivity contribution in [2.75, 3.05) is 20.7 Å². The Bertz CT molecular complexity index is 796. The second-order valence-electron chi connectivity index (χ2n) is 6.06. The summed E-state index contributed by atoms with van der Waals surface area (Å²) in [6.07, 6.45) is 0.920. The Hall–Kier alpha value is -2.04. The highest BCUT2D eigenvalue weighted by molar-refractivity contribution is 6.30. The third-order valence-corrected chi connectivity index (χ3v) is 4.05. The number of benzene rings is 2. The zero-order valence-corrected chi connectivity index (χ0v) is 14.8. The molecule has 0 unspecified atom stereocenters. The molecule has 1 heterocycles. The fourth-order valence-electron chi connectivity index (χ4n) is 2.72. The van der Waals surface area contributed by atoms with Gasteiger partial charge in [0.2, 0.25) is 0 Å². The molecule has 0 saturated carbocycles. The number of hydrogen-bond acceptors (Lipinski definition) is 3. The van der Waals surface area contributed by atoms with Gasteiger partial charge in [-0.1, -0.05) is 23.7 Å². The number of aromatic nitrogens is 2. The monoisotopic (exact) mass is 343 g/mol. The normalized spacial score (nSPS) is 11.3. The maximum Gasteiger partial charge on any atom is 0.124 e. The van der Waals surface area contributed by atoms with Gasteiger partial charge in [-0.3, -0.25) is 0 Å². The molecule has 0 atom stereocenters. The van der Waals surface area contributed by atoms with E-state index in [1.54, 1.807) is 0 Å². The van der Waals surface area contributed by atoms with Crippen LogP contribution in [-0.2, 0) is 13.1 Å². The van der Waals surface area contributed by atoms with E-state index in [2.05, 4.69) is 41.8 Å². The Kier molecular flexibility index (Phi) is 5.38. The van der Waals surface area contributed by atoms with Gasteiger partial charge in [0.15, 0.2) is 0 Å². The molecule has 0 fully saturated rings. The van der Waals surface area contributed by atoms with Crippen LogP contribution < -0.4 is 4.74 Å². The van der Waals surface area contributed by atoms with Crippen molar-refractivity contribution in [3.8, 4) is 5.75 Å². The van der Waals surface area contributed by atoms with E-state index in [9.17, 15) is 0 Å². The van der Waals surface area contributed by atoms with E-state index in [-0.39, 0.29) is 0 Å². The molecule has 0 aliphatic rings. The van der Waals surface area contributed by atoms with Crippen molar-refractivity contribution in [3.05, 3.63) is 59.4 Å². The van der Waals surface area contributed by atoms with E-state index in [1.807, 2.05) is 30.3 Å². The summed E-state index contributed by atoms with van der Waals surface area (Å²) in [5, 5.41) is 0.723. The highest BCUT2D eigenvalue weighted by atomic mass is 35.5. The molecule has 0 saturated heterocycles. The third kappa shape index (κ3) is 4.08. The van der Waals surface area contributed by atoms with Crippen LogP contribution in [0.2, 0.25) is 5.02 Å². The van der Waals surface area contributed by atoms with E-state index < -0.39 is 0 Å². The summed E-state index contributed by atoms with van der Waals surface area (Å²) in [4.78, 5) is 6.91. The Balaban J connectivity index is 1.66. The van der Waals surface area contributed by atoms with Crippen LogP contribution in [-0.4, -0.2) is 35.2 Å². The second-order valence-corrected chi connectivity index (χ2v) is 6.50. The molecule has 3 aromatic rings. The van der Waals surface area contributed by atoms with Crippen LogP contribution in [0.25, 0.3) is 11.0 Å². The van der Waals surface area contributed by atoms with Crippen molar-refractivity contribution in [2.45, 2.75) is 19.5 Å². The van der Waals surface area contributed by atoms with Gasteiger partial charge in [-0.2, -0.15) is 0 Å². The number of hydrogen-bond donors (Lipinski definition) is 0. The van der Waals surface area contributed by atoms with Crippen LogP contribution in [0.5, 0.6) is 5.75 Å². The molecule has 0 bridgehead atoms. The molecule has 3 rings (SSSR count). The van der Waals surface area contributed by atoms with E-state index in [0.29, 0.717) is 6.61 Å². The van der Waals surface area contributed by atoms with Crippen LogP contribution in [0.4, 0.5) is 0 Å². The molecule has 0 spiro atoms. The Morgan fingerprint density at radius 1 is 1.08 bits per heavy atom. The molecule has 24 heavy (non-hydrogen) atoms. The molecule has 0 N–H and O–H groups in total. The smallest absolute Gasteiger partial charge is 0.124 e. The van der Waals surface area contributed by atoms with Crippen LogP contribution >= 0.6 is 11.6 Å². The Labute approximate surface area is 147 Å². The number of rotatable bonds is 7. The summed E-state index contributed by atoms with van der Waals surface area (Å²) in [5.41, 5.74) is 2.23. The molecular formula is C19H22ClN3O. The number of ether oxygens (including phenoxy) is 1. The number of aryl methyl sites for hydroxylation is 1. The maximum atomic E-state index is 5.89. The lowest BCUT2D eigenvalue weighted by atomic mass is 10.3. The lowest BCUT2D eigenvalue weighted by Crippen LogP contribution is -2.16. The largest absolute Gasteiger partial charge is 0.494 e. The first-order valence-electron chi connectivity index (χ1n) is 8.11. The molecule has 1 aromatic heterocycles. The maximum absolute atomic E-state index is 5.89. The second kappa shape index (κ2) is 7.69. The first kappa shape index (κ1) is 16.8. The zero-order chi connectivity index (χ0) is 16.9. The van der Waals surface area contributed by atoms with Gasteiger partial charge >= 0.3 is 0 Å². The SMILES string of the molecule is CN(C)Cc1nc2ccccc2n1CCCOc1ccc(Cl)cc1. The van der Waals surface area contributed by atoms with E-state index in [1.165, 1.54) is 5.52 Å². The summed E-state index contributed by atoms with van der Waals surface area (Å²) >= 11 is 5.89.